The third-order valence-electron chi connectivity index (χ3n) is 5.02. The van der Waals surface area contributed by atoms with Gasteiger partial charge in [0.25, 0.3) is 0 Å². The molecule has 108 valence electrons. The fourth-order valence-electron chi connectivity index (χ4n) is 3.99. The average molecular weight is 273 g/mol. The highest BCUT2D eigenvalue weighted by Crippen LogP contribution is 2.40. The molecule has 2 atom stereocenters. The maximum absolute atomic E-state index is 11.7. The number of benzene rings is 1. The second kappa shape index (κ2) is 4.88. The van der Waals surface area contributed by atoms with E-state index in [1.807, 2.05) is 0 Å². The lowest BCUT2D eigenvalue weighted by molar-refractivity contribution is -0.150. The highest BCUT2D eigenvalue weighted by atomic mass is 16.4. The van der Waals surface area contributed by atoms with Crippen LogP contribution in [0.2, 0.25) is 0 Å². The molecule has 20 heavy (non-hydrogen) atoms. The number of carboxylic acids is 1. The zero-order valence-electron chi connectivity index (χ0n) is 12.3. The Morgan fingerprint density at radius 1 is 1.40 bits per heavy atom. The van der Waals surface area contributed by atoms with Gasteiger partial charge in [0.05, 0.1) is 0 Å². The first kappa shape index (κ1) is 13.6. The minimum absolute atomic E-state index is 0.132. The lowest BCUT2D eigenvalue weighted by Gasteiger charge is -2.46. The predicted octanol–water partition coefficient (Wildman–Crippen LogP) is 2.90. The van der Waals surface area contributed by atoms with Crippen molar-refractivity contribution < 1.29 is 9.90 Å². The van der Waals surface area contributed by atoms with E-state index >= 15 is 0 Å². The van der Waals surface area contributed by atoms with Crippen LogP contribution < -0.4 is 0 Å². The summed E-state index contributed by atoms with van der Waals surface area (Å²) < 4.78 is 0. The van der Waals surface area contributed by atoms with E-state index in [9.17, 15) is 9.90 Å². The average Bonchev–Trinajstić information content (AvgIpc) is 2.34. The Bertz CT molecular complexity index is 523. The first-order valence-electron chi connectivity index (χ1n) is 7.54. The van der Waals surface area contributed by atoms with Gasteiger partial charge in [0.2, 0.25) is 0 Å². The lowest BCUT2D eigenvalue weighted by atomic mass is 9.73. The van der Waals surface area contributed by atoms with Gasteiger partial charge >= 0.3 is 5.97 Å². The van der Waals surface area contributed by atoms with Crippen LogP contribution in [0.25, 0.3) is 0 Å². The number of fused-ring (bicyclic) bond motifs is 1. The smallest absolute Gasteiger partial charge is 0.321 e. The highest BCUT2D eigenvalue weighted by molar-refractivity contribution is 5.74. The monoisotopic (exact) mass is 273 g/mol. The van der Waals surface area contributed by atoms with Crippen LogP contribution in [0, 0.1) is 5.41 Å². The minimum Gasteiger partial charge on any atom is -0.480 e. The zero-order valence-corrected chi connectivity index (χ0v) is 12.3. The molecule has 3 nitrogen and oxygen atoms in total. The molecule has 0 radical (unpaired) electrons. The number of likely N-dealkylation sites (tertiary alicyclic amines) is 1. The maximum Gasteiger partial charge on any atom is 0.321 e. The van der Waals surface area contributed by atoms with Crippen LogP contribution in [0.15, 0.2) is 24.3 Å². The summed E-state index contributed by atoms with van der Waals surface area (Å²) in [6.45, 7) is 5.98. The number of hydrogen-bond donors (Lipinski definition) is 1. The predicted molar refractivity (Wildman–Crippen MR) is 78.9 cm³/mol. The molecule has 3 heteroatoms. The Morgan fingerprint density at radius 2 is 2.15 bits per heavy atom. The van der Waals surface area contributed by atoms with Crippen LogP contribution in [0.1, 0.15) is 43.7 Å². The fourth-order valence-corrected chi connectivity index (χ4v) is 3.99. The maximum atomic E-state index is 11.7. The van der Waals surface area contributed by atoms with Gasteiger partial charge in [-0.1, -0.05) is 38.1 Å². The van der Waals surface area contributed by atoms with E-state index < -0.39 is 5.97 Å². The van der Waals surface area contributed by atoms with Crippen LogP contribution >= 0.6 is 0 Å². The Hall–Kier alpha value is -1.35. The summed E-state index contributed by atoms with van der Waals surface area (Å²) in [4.78, 5) is 13.9. The van der Waals surface area contributed by atoms with E-state index in [0.717, 1.165) is 32.4 Å². The molecule has 1 N–H and O–H groups in total. The number of piperidine rings is 1. The molecule has 0 spiro atoms. The first-order chi connectivity index (χ1) is 9.49. The summed E-state index contributed by atoms with van der Waals surface area (Å²) >= 11 is 0. The summed E-state index contributed by atoms with van der Waals surface area (Å²) in [5.74, 6) is -0.149. The van der Waals surface area contributed by atoms with E-state index in [-0.39, 0.29) is 11.5 Å². The lowest BCUT2D eigenvalue weighted by Crippen LogP contribution is -2.55. The van der Waals surface area contributed by atoms with Crippen molar-refractivity contribution in [3.63, 3.8) is 0 Å². The number of aliphatic carboxylic acids is 1. The molecule has 1 aromatic rings. The number of carboxylic acid groups (broad SMARTS) is 1. The van der Waals surface area contributed by atoms with Gasteiger partial charge in [-0.05, 0) is 42.3 Å². The minimum atomic E-state index is -0.665. The third-order valence-corrected chi connectivity index (χ3v) is 5.02. The Morgan fingerprint density at radius 3 is 2.85 bits per heavy atom. The summed E-state index contributed by atoms with van der Waals surface area (Å²) in [5, 5.41) is 9.60. The van der Waals surface area contributed by atoms with Gasteiger partial charge in [-0.25, -0.2) is 0 Å². The Kier molecular flexibility index (Phi) is 3.33. The highest BCUT2D eigenvalue weighted by Gasteiger charge is 2.43. The summed E-state index contributed by atoms with van der Waals surface area (Å²) in [7, 11) is 0. The van der Waals surface area contributed by atoms with Gasteiger partial charge in [0.1, 0.15) is 6.04 Å². The van der Waals surface area contributed by atoms with E-state index in [1.54, 1.807) is 0 Å². The molecule has 0 bridgehead atoms. The summed E-state index contributed by atoms with van der Waals surface area (Å²) in [6, 6.07) is 8.19. The van der Waals surface area contributed by atoms with Gasteiger partial charge in [-0.15, -0.1) is 0 Å². The summed E-state index contributed by atoms with van der Waals surface area (Å²) in [5.41, 5.74) is 2.72. The van der Waals surface area contributed by atoms with Crippen molar-refractivity contribution in [2.75, 3.05) is 13.1 Å². The van der Waals surface area contributed by atoms with Crippen molar-refractivity contribution in [3.8, 4) is 0 Å². The molecule has 3 rings (SSSR count). The molecule has 2 unspecified atom stereocenters. The van der Waals surface area contributed by atoms with Gasteiger partial charge in [-0.2, -0.15) is 0 Å². The fraction of sp³-hybridized carbons (Fsp3) is 0.588. The molecule has 1 fully saturated rings. The largest absolute Gasteiger partial charge is 0.480 e. The van der Waals surface area contributed by atoms with Gasteiger partial charge in [0, 0.05) is 12.5 Å². The van der Waals surface area contributed by atoms with E-state index in [2.05, 4.69) is 43.0 Å². The third kappa shape index (κ3) is 2.24. The second-order valence-corrected chi connectivity index (χ2v) is 6.93. The molecular formula is C17H23NO2. The molecular weight excluding hydrogens is 250 g/mol. The van der Waals surface area contributed by atoms with Crippen molar-refractivity contribution in [1.82, 2.24) is 4.90 Å². The van der Waals surface area contributed by atoms with Gasteiger partial charge in [-0.3, -0.25) is 9.69 Å². The van der Waals surface area contributed by atoms with E-state index in [0.29, 0.717) is 5.92 Å². The number of hydrogen-bond acceptors (Lipinski definition) is 2. The second-order valence-electron chi connectivity index (χ2n) is 6.93. The summed E-state index contributed by atoms with van der Waals surface area (Å²) in [6.07, 6.45) is 3.20. The van der Waals surface area contributed by atoms with Crippen LogP contribution in [0.4, 0.5) is 0 Å². The zero-order chi connectivity index (χ0) is 14.3. The molecule has 0 amide bonds. The van der Waals surface area contributed by atoms with Crippen molar-refractivity contribution in [2.45, 2.75) is 45.1 Å². The molecule has 1 heterocycles. The SMILES string of the molecule is CC1(C)CCCN(CC2Cc3ccccc32)C1C(=O)O. The van der Waals surface area contributed by atoms with Crippen molar-refractivity contribution >= 4 is 5.97 Å². The Labute approximate surface area is 120 Å². The topological polar surface area (TPSA) is 40.5 Å². The molecule has 1 saturated heterocycles. The number of nitrogens with zero attached hydrogens (tertiary/aromatic N) is 1. The van der Waals surface area contributed by atoms with E-state index in [1.165, 1.54) is 11.1 Å². The standard InChI is InChI=1S/C17H23NO2/c1-17(2)8-5-9-18(15(17)16(19)20)11-13-10-12-6-3-4-7-14(12)13/h3-4,6-7,13,15H,5,8-11H2,1-2H3,(H,19,20). The molecule has 1 aliphatic carbocycles. The van der Waals surface area contributed by atoms with E-state index in [4.69, 9.17) is 0 Å². The Balaban J connectivity index is 1.75. The quantitative estimate of drug-likeness (QED) is 0.920. The normalized spacial score (nSPS) is 28.5. The van der Waals surface area contributed by atoms with Crippen LogP contribution in [0.5, 0.6) is 0 Å². The first-order valence-corrected chi connectivity index (χ1v) is 7.54. The molecule has 1 aromatic carbocycles. The molecule has 0 aromatic heterocycles. The van der Waals surface area contributed by atoms with Crippen molar-refractivity contribution in [1.29, 1.82) is 0 Å². The number of carbonyl (C=O) groups is 1. The van der Waals surface area contributed by atoms with Crippen LogP contribution in [0.3, 0.4) is 0 Å². The van der Waals surface area contributed by atoms with Gasteiger partial charge < -0.3 is 5.11 Å². The number of rotatable bonds is 3. The molecule has 0 saturated carbocycles. The van der Waals surface area contributed by atoms with Crippen molar-refractivity contribution in [2.24, 2.45) is 5.41 Å². The molecule has 2 aliphatic rings. The van der Waals surface area contributed by atoms with Crippen LogP contribution in [-0.4, -0.2) is 35.1 Å². The van der Waals surface area contributed by atoms with Gasteiger partial charge in [0.15, 0.2) is 0 Å². The van der Waals surface area contributed by atoms with Crippen molar-refractivity contribution in [3.05, 3.63) is 35.4 Å². The molecule has 1 aliphatic heterocycles. The van der Waals surface area contributed by atoms with Crippen LogP contribution in [-0.2, 0) is 11.2 Å².